The van der Waals surface area contributed by atoms with Crippen molar-refractivity contribution >= 4 is 11.9 Å². The molecule has 0 aliphatic carbocycles. The van der Waals surface area contributed by atoms with Crippen LogP contribution in [0, 0.1) is 13.8 Å². The first kappa shape index (κ1) is 36.5. The van der Waals surface area contributed by atoms with Crippen LogP contribution in [0.3, 0.4) is 0 Å². The van der Waals surface area contributed by atoms with Gasteiger partial charge in [0.15, 0.2) is 0 Å². The predicted octanol–water partition coefficient (Wildman–Crippen LogP) is 7.57. The number of hydrogen-bond donors (Lipinski definition) is 2. The smallest absolute Gasteiger partial charge is 0.306 e. The minimum atomic E-state index is -0.358. The maximum Gasteiger partial charge on any atom is 0.306 e. The van der Waals surface area contributed by atoms with Gasteiger partial charge in [-0.25, -0.2) is 0 Å². The number of aryl methyl sites for hydroxylation is 4. The molecule has 2 rings (SSSR count). The van der Waals surface area contributed by atoms with Gasteiger partial charge in [-0.2, -0.15) is 0 Å². The van der Waals surface area contributed by atoms with Gasteiger partial charge >= 0.3 is 11.9 Å². The number of esters is 2. The molecule has 0 unspecified atom stereocenters. The molecule has 2 aromatic carbocycles. The van der Waals surface area contributed by atoms with Gasteiger partial charge in [0, 0.05) is 12.8 Å². The van der Waals surface area contributed by atoms with Gasteiger partial charge in [0.05, 0.1) is 0 Å². The van der Waals surface area contributed by atoms with Crippen molar-refractivity contribution in [3.8, 4) is 11.5 Å². The minimum absolute atomic E-state index is 0.0128. The number of hydrogen-bond acceptors (Lipinski definition) is 6. The molecule has 0 aliphatic heterocycles. The van der Waals surface area contributed by atoms with E-state index < -0.39 is 0 Å². The minimum Gasteiger partial charge on any atom is -0.507 e. The fourth-order valence-electron chi connectivity index (χ4n) is 4.09. The van der Waals surface area contributed by atoms with Gasteiger partial charge in [-0.15, -0.1) is 26.3 Å². The molecule has 0 bridgehead atoms. The van der Waals surface area contributed by atoms with Crippen molar-refractivity contribution in [3.05, 3.63) is 84.0 Å². The van der Waals surface area contributed by atoms with E-state index in [0.717, 1.165) is 33.4 Å². The molecular formula is C34H50O6. The molecule has 0 spiro atoms. The molecule has 222 valence electrons. The molecule has 0 heterocycles. The van der Waals surface area contributed by atoms with E-state index in [9.17, 15) is 19.8 Å². The van der Waals surface area contributed by atoms with Crippen molar-refractivity contribution in [2.45, 2.75) is 91.9 Å². The molecule has 0 atom stereocenters. The number of ether oxygens (including phenoxy) is 2. The Morgan fingerprint density at radius 3 is 1.23 bits per heavy atom. The van der Waals surface area contributed by atoms with Crippen LogP contribution in [0.4, 0.5) is 0 Å². The van der Waals surface area contributed by atoms with Crippen LogP contribution in [-0.2, 0) is 42.7 Å². The number of rotatable bonds is 9. The summed E-state index contributed by atoms with van der Waals surface area (Å²) < 4.78 is 10.4. The zero-order valence-corrected chi connectivity index (χ0v) is 25.9. The van der Waals surface area contributed by atoms with Crippen molar-refractivity contribution in [1.82, 2.24) is 0 Å². The van der Waals surface area contributed by atoms with Crippen LogP contribution in [0.2, 0.25) is 0 Å². The van der Waals surface area contributed by atoms with Crippen molar-refractivity contribution in [2.75, 3.05) is 13.2 Å². The lowest BCUT2D eigenvalue weighted by molar-refractivity contribution is -0.152. The van der Waals surface area contributed by atoms with E-state index in [1.165, 1.54) is 0 Å². The number of phenols is 2. The van der Waals surface area contributed by atoms with Crippen molar-refractivity contribution in [2.24, 2.45) is 0 Å². The van der Waals surface area contributed by atoms with Crippen LogP contribution in [0.5, 0.6) is 11.5 Å². The average Bonchev–Trinajstić information content (AvgIpc) is 2.88. The van der Waals surface area contributed by atoms with E-state index in [1.54, 1.807) is 0 Å². The molecule has 0 saturated carbocycles. The summed E-state index contributed by atoms with van der Waals surface area (Å²) in [6, 6.07) is 7.66. The maximum atomic E-state index is 12.1. The summed E-state index contributed by atoms with van der Waals surface area (Å²) in [6.07, 6.45) is 1.42. The second kappa shape index (κ2) is 16.5. The number of carbonyl (C=O) groups excluding carboxylic acids is 2. The first-order valence-electron chi connectivity index (χ1n) is 13.6. The van der Waals surface area contributed by atoms with Gasteiger partial charge in [-0.3, -0.25) is 9.59 Å². The van der Waals surface area contributed by atoms with Crippen molar-refractivity contribution < 1.29 is 29.3 Å². The molecule has 2 N–H and O–H groups in total. The molecule has 6 nitrogen and oxygen atoms in total. The summed E-state index contributed by atoms with van der Waals surface area (Å²) >= 11 is 0. The van der Waals surface area contributed by atoms with Crippen LogP contribution in [-0.4, -0.2) is 35.4 Å². The average molecular weight is 555 g/mol. The number of aromatic hydroxyl groups is 2. The third-order valence-electron chi connectivity index (χ3n) is 6.18. The molecule has 40 heavy (non-hydrogen) atoms. The lowest BCUT2D eigenvalue weighted by atomic mass is 9.83. The highest BCUT2D eigenvalue weighted by Gasteiger charge is 2.21. The highest BCUT2D eigenvalue weighted by Crippen LogP contribution is 2.35. The molecule has 0 saturated heterocycles. The molecular weight excluding hydrogens is 504 g/mol. The summed E-state index contributed by atoms with van der Waals surface area (Å²) in [5.41, 5.74) is 4.82. The zero-order valence-electron chi connectivity index (χ0n) is 25.9. The third-order valence-corrected chi connectivity index (χ3v) is 6.18. The Labute approximate surface area is 241 Å². The predicted molar refractivity (Wildman–Crippen MR) is 164 cm³/mol. The summed E-state index contributed by atoms with van der Waals surface area (Å²) in [5, 5.41) is 20.7. The van der Waals surface area contributed by atoms with Gasteiger partial charge in [-0.1, -0.05) is 65.8 Å². The van der Waals surface area contributed by atoms with Crippen LogP contribution in [0.15, 0.2) is 50.6 Å². The quantitative estimate of drug-likeness (QED) is 0.189. The van der Waals surface area contributed by atoms with Crippen LogP contribution in [0.1, 0.15) is 87.8 Å². The molecule has 2 aromatic rings. The topological polar surface area (TPSA) is 93.1 Å². The standard InChI is InChI=1S/C30H42O6.2C2H4/c1-19-15-21(17-23(27(19)33)29(3,4)5)9-11-25(31)35-13-14-36-26(32)12-10-22-16-20(2)28(34)24(18-22)30(6,7)8;2*1-2/h15-18,33-34H,9-14H2,1-8H3;2*1-2H2. The lowest BCUT2D eigenvalue weighted by Gasteiger charge is -2.22. The summed E-state index contributed by atoms with van der Waals surface area (Å²) in [4.78, 5) is 24.3. The van der Waals surface area contributed by atoms with Crippen LogP contribution >= 0.6 is 0 Å². The van der Waals surface area contributed by atoms with Crippen molar-refractivity contribution in [1.29, 1.82) is 0 Å². The van der Waals surface area contributed by atoms with Gasteiger partial charge < -0.3 is 19.7 Å². The Kier molecular flexibility index (Phi) is 15.1. The molecule has 0 amide bonds. The van der Waals surface area contributed by atoms with Crippen LogP contribution in [0.25, 0.3) is 0 Å². The van der Waals surface area contributed by atoms with E-state index in [2.05, 4.69) is 26.3 Å². The Balaban J connectivity index is 0.00000363. The Morgan fingerprint density at radius 1 is 0.650 bits per heavy atom. The molecule has 0 radical (unpaired) electrons. The SMILES string of the molecule is C=C.C=C.Cc1cc(CCC(=O)OCCOC(=O)CCc2cc(C)c(O)c(C(C)(C)C)c2)cc(C(C)(C)C)c1O. The van der Waals surface area contributed by atoms with Gasteiger partial charge in [-0.05, 0) is 70.9 Å². The molecule has 0 fully saturated rings. The Morgan fingerprint density at radius 2 is 0.950 bits per heavy atom. The van der Waals surface area contributed by atoms with Gasteiger partial charge in [0.25, 0.3) is 0 Å². The third kappa shape index (κ3) is 11.7. The molecule has 0 aliphatic rings. The Bertz CT molecular complexity index is 1030. The fourth-order valence-corrected chi connectivity index (χ4v) is 4.09. The monoisotopic (exact) mass is 554 g/mol. The van der Waals surface area contributed by atoms with E-state index >= 15 is 0 Å². The highest BCUT2D eigenvalue weighted by atomic mass is 16.6. The van der Waals surface area contributed by atoms with E-state index in [1.807, 2.05) is 79.7 Å². The maximum absolute atomic E-state index is 12.1. The summed E-state index contributed by atoms with van der Waals surface area (Å²) in [5.74, 6) is -0.122. The first-order valence-corrected chi connectivity index (χ1v) is 13.6. The highest BCUT2D eigenvalue weighted by molar-refractivity contribution is 5.70. The summed E-state index contributed by atoms with van der Waals surface area (Å²) in [6.45, 7) is 28.0. The van der Waals surface area contributed by atoms with Crippen molar-refractivity contribution in [3.63, 3.8) is 0 Å². The van der Waals surface area contributed by atoms with Crippen LogP contribution < -0.4 is 0 Å². The van der Waals surface area contributed by atoms with E-state index in [-0.39, 0.29) is 48.8 Å². The number of carbonyl (C=O) groups is 2. The van der Waals surface area contributed by atoms with E-state index in [4.69, 9.17) is 9.47 Å². The second-order valence-corrected chi connectivity index (χ2v) is 11.6. The number of benzene rings is 2. The zero-order chi connectivity index (χ0) is 31.3. The second-order valence-electron chi connectivity index (χ2n) is 11.6. The molecule has 0 aromatic heterocycles. The van der Waals surface area contributed by atoms with Gasteiger partial charge in [0.2, 0.25) is 0 Å². The largest absolute Gasteiger partial charge is 0.507 e. The normalized spacial score (nSPS) is 10.9. The summed E-state index contributed by atoms with van der Waals surface area (Å²) in [7, 11) is 0. The first-order chi connectivity index (χ1) is 18.6. The lowest BCUT2D eigenvalue weighted by Crippen LogP contribution is -2.15. The number of phenolic OH excluding ortho intramolecular Hbond substituents is 2. The Hall–Kier alpha value is -3.54. The molecule has 6 heteroatoms. The van der Waals surface area contributed by atoms with Gasteiger partial charge in [0.1, 0.15) is 24.7 Å². The fraction of sp³-hybridized carbons (Fsp3) is 0.471. The van der Waals surface area contributed by atoms with E-state index in [0.29, 0.717) is 24.3 Å².